The van der Waals surface area contributed by atoms with Crippen LogP contribution >= 0.6 is 0 Å². The molecule has 0 aliphatic heterocycles. The molecule has 0 radical (unpaired) electrons. The number of rotatable bonds is 5. The zero-order chi connectivity index (χ0) is 23.9. The van der Waals surface area contributed by atoms with E-state index >= 15 is 0 Å². The molecule has 1 atom stereocenters. The van der Waals surface area contributed by atoms with Crippen molar-refractivity contribution >= 4 is 33.6 Å². The van der Waals surface area contributed by atoms with Crippen LogP contribution in [0.1, 0.15) is 28.2 Å². The minimum atomic E-state index is -0.603. The molecule has 9 heteroatoms. The number of hydrogen-bond donors (Lipinski definition) is 2. The summed E-state index contributed by atoms with van der Waals surface area (Å²) >= 11 is 0. The van der Waals surface area contributed by atoms with Gasteiger partial charge in [-0.05, 0) is 49.1 Å². The van der Waals surface area contributed by atoms with Crippen molar-refractivity contribution < 1.29 is 14.3 Å². The minimum Gasteiger partial charge on any atom is -0.481 e. The number of aryl methyl sites for hydroxylation is 1. The number of carbonyl (C=O) groups excluding carboxylic acids is 2. The molecule has 1 unspecified atom stereocenters. The van der Waals surface area contributed by atoms with Crippen molar-refractivity contribution in [3.05, 3.63) is 77.9 Å². The van der Waals surface area contributed by atoms with E-state index in [-0.39, 0.29) is 6.04 Å². The molecule has 1 aliphatic rings. The number of para-hydroxylation sites is 1. The van der Waals surface area contributed by atoms with Gasteiger partial charge >= 0.3 is 0 Å². The molecule has 174 valence electrons. The van der Waals surface area contributed by atoms with Gasteiger partial charge in [0.05, 0.1) is 29.7 Å². The van der Waals surface area contributed by atoms with Gasteiger partial charge in [0.15, 0.2) is 0 Å². The molecule has 1 amide bonds. The Balaban J connectivity index is 1.21. The van der Waals surface area contributed by atoms with E-state index in [0.717, 1.165) is 33.4 Å². The van der Waals surface area contributed by atoms with Gasteiger partial charge in [-0.2, -0.15) is 5.10 Å². The van der Waals surface area contributed by atoms with Crippen LogP contribution in [0, 0.1) is 0 Å². The van der Waals surface area contributed by atoms with Crippen molar-refractivity contribution in [3.8, 4) is 11.6 Å². The van der Waals surface area contributed by atoms with Gasteiger partial charge in [-0.3, -0.25) is 14.6 Å². The Labute approximate surface area is 200 Å². The smallest absolute Gasteiger partial charge is 0.294 e. The first kappa shape index (κ1) is 21.0. The zero-order valence-corrected chi connectivity index (χ0v) is 19.0. The number of Topliss-reactive ketones (excluding diaryl/α,β-unsaturated/α-hetero) is 1. The molecule has 1 aliphatic carbocycles. The second kappa shape index (κ2) is 8.35. The molecule has 4 aromatic heterocycles. The molecule has 1 aromatic carbocycles. The molecular weight excluding hydrogens is 444 g/mol. The third-order valence-corrected chi connectivity index (χ3v) is 6.38. The molecule has 2 N–H and O–H groups in total. The summed E-state index contributed by atoms with van der Waals surface area (Å²) in [6, 6.07) is 14.6. The number of ether oxygens (including phenoxy) is 1. The number of ketones is 1. The number of pyridine rings is 2. The number of nitrogens with zero attached hydrogens (tertiary/aromatic N) is 4. The van der Waals surface area contributed by atoms with Crippen molar-refractivity contribution in [2.24, 2.45) is 0 Å². The van der Waals surface area contributed by atoms with Crippen molar-refractivity contribution in [2.75, 3.05) is 7.11 Å². The maximum Gasteiger partial charge on any atom is 0.294 e. The average molecular weight is 467 g/mol. The number of methoxy groups -OCH3 is 1. The number of aromatic amines is 1. The summed E-state index contributed by atoms with van der Waals surface area (Å²) in [6.45, 7) is 0. The van der Waals surface area contributed by atoms with E-state index in [9.17, 15) is 9.59 Å². The number of aromatic nitrogens is 5. The zero-order valence-electron chi connectivity index (χ0n) is 19.0. The summed E-state index contributed by atoms with van der Waals surface area (Å²) in [5.41, 5.74) is 5.38. The number of nitrogens with one attached hydrogen (secondary N) is 2. The second-order valence-corrected chi connectivity index (χ2v) is 8.61. The lowest BCUT2D eigenvalue weighted by molar-refractivity contribution is -0.117. The van der Waals surface area contributed by atoms with Gasteiger partial charge in [-0.1, -0.05) is 18.2 Å². The monoisotopic (exact) mass is 466 g/mol. The van der Waals surface area contributed by atoms with E-state index in [4.69, 9.17) is 9.84 Å². The molecule has 0 saturated carbocycles. The van der Waals surface area contributed by atoms with E-state index in [0.29, 0.717) is 36.4 Å². The summed E-state index contributed by atoms with van der Waals surface area (Å²) in [5, 5.41) is 8.58. The Morgan fingerprint density at radius 3 is 2.91 bits per heavy atom. The van der Waals surface area contributed by atoms with Gasteiger partial charge in [0, 0.05) is 35.4 Å². The molecule has 0 bridgehead atoms. The number of benzene rings is 1. The van der Waals surface area contributed by atoms with Gasteiger partial charge in [0.2, 0.25) is 5.88 Å². The molecule has 0 saturated heterocycles. The maximum absolute atomic E-state index is 12.7. The lowest BCUT2D eigenvalue weighted by Gasteiger charge is -2.21. The SMILES string of the molecule is COc1ccc2nccc(-n3cc4c(n3)CCC(NC(=O)C(=O)c3cc5ccccc5[nH]3)C4)c2n1. The molecule has 0 fully saturated rings. The van der Waals surface area contributed by atoms with Gasteiger partial charge in [-0.25, -0.2) is 9.67 Å². The number of fused-ring (bicyclic) bond motifs is 3. The van der Waals surface area contributed by atoms with E-state index < -0.39 is 11.7 Å². The molecule has 5 aromatic rings. The Kier molecular flexibility index (Phi) is 5.02. The summed E-state index contributed by atoms with van der Waals surface area (Å²) in [7, 11) is 1.58. The quantitative estimate of drug-likeness (QED) is 0.304. The summed E-state index contributed by atoms with van der Waals surface area (Å²) in [6.07, 6.45) is 5.70. The molecule has 0 spiro atoms. The van der Waals surface area contributed by atoms with Gasteiger partial charge in [-0.15, -0.1) is 0 Å². The fraction of sp³-hybridized carbons (Fsp3) is 0.192. The predicted octanol–water partition coefficient (Wildman–Crippen LogP) is 3.16. The largest absolute Gasteiger partial charge is 0.481 e. The van der Waals surface area contributed by atoms with Crippen LogP contribution in [-0.4, -0.2) is 49.6 Å². The number of amides is 1. The Morgan fingerprint density at radius 2 is 2.06 bits per heavy atom. The fourth-order valence-corrected chi connectivity index (χ4v) is 4.61. The Hall–Kier alpha value is -4.53. The second-order valence-electron chi connectivity index (χ2n) is 8.61. The molecule has 35 heavy (non-hydrogen) atoms. The highest BCUT2D eigenvalue weighted by Crippen LogP contribution is 2.26. The van der Waals surface area contributed by atoms with Gasteiger partial charge in [0.1, 0.15) is 5.52 Å². The maximum atomic E-state index is 12.7. The molecule has 4 heterocycles. The van der Waals surface area contributed by atoms with E-state index in [1.807, 2.05) is 42.6 Å². The fourth-order valence-electron chi connectivity index (χ4n) is 4.61. The van der Waals surface area contributed by atoms with Crippen LogP contribution < -0.4 is 10.1 Å². The molecule has 9 nitrogen and oxygen atoms in total. The molecule has 6 rings (SSSR count). The standard InChI is InChI=1S/C26H22N6O3/c1-35-23-9-8-20-24(30-23)22(10-11-27-20)32-14-16-12-17(6-7-19(16)31-32)28-26(34)25(33)21-13-15-4-2-3-5-18(15)29-21/h2-5,8-11,13-14,17,29H,6-7,12H2,1H3,(H,28,34). The van der Waals surface area contributed by atoms with Crippen LogP contribution in [0.25, 0.3) is 27.6 Å². The summed E-state index contributed by atoms with van der Waals surface area (Å²) in [5.74, 6) is -0.661. The third kappa shape index (κ3) is 3.80. The Bertz CT molecular complexity index is 1570. The normalized spacial score (nSPS) is 15.2. The minimum absolute atomic E-state index is 0.145. The number of carbonyl (C=O) groups is 2. The van der Waals surface area contributed by atoms with Crippen LogP contribution in [0.15, 0.2) is 60.9 Å². The van der Waals surface area contributed by atoms with Gasteiger partial charge in [0.25, 0.3) is 11.7 Å². The lowest BCUT2D eigenvalue weighted by atomic mass is 9.93. The van der Waals surface area contributed by atoms with Crippen LogP contribution in [0.5, 0.6) is 5.88 Å². The topological polar surface area (TPSA) is 115 Å². The highest BCUT2D eigenvalue weighted by atomic mass is 16.5. The molecular formula is C26H22N6O3. The van der Waals surface area contributed by atoms with Crippen LogP contribution in [-0.2, 0) is 17.6 Å². The summed E-state index contributed by atoms with van der Waals surface area (Å²) in [4.78, 5) is 37.4. The Morgan fingerprint density at radius 1 is 1.17 bits per heavy atom. The van der Waals surface area contributed by atoms with E-state index in [1.54, 1.807) is 30.1 Å². The first-order valence-electron chi connectivity index (χ1n) is 11.4. The van der Waals surface area contributed by atoms with E-state index in [2.05, 4.69) is 20.3 Å². The van der Waals surface area contributed by atoms with Gasteiger partial charge < -0.3 is 15.0 Å². The first-order chi connectivity index (χ1) is 17.1. The van der Waals surface area contributed by atoms with Crippen molar-refractivity contribution in [3.63, 3.8) is 0 Å². The van der Waals surface area contributed by atoms with Crippen molar-refractivity contribution in [1.29, 1.82) is 0 Å². The average Bonchev–Trinajstić information content (AvgIpc) is 3.51. The van der Waals surface area contributed by atoms with Crippen molar-refractivity contribution in [1.82, 2.24) is 30.0 Å². The van der Waals surface area contributed by atoms with Crippen molar-refractivity contribution in [2.45, 2.75) is 25.3 Å². The van der Waals surface area contributed by atoms with E-state index in [1.165, 1.54) is 0 Å². The first-order valence-corrected chi connectivity index (χ1v) is 11.4. The third-order valence-electron chi connectivity index (χ3n) is 6.38. The number of hydrogen-bond acceptors (Lipinski definition) is 6. The van der Waals surface area contributed by atoms with Crippen LogP contribution in [0.2, 0.25) is 0 Å². The van der Waals surface area contributed by atoms with Crippen LogP contribution in [0.4, 0.5) is 0 Å². The highest BCUT2D eigenvalue weighted by Gasteiger charge is 2.27. The predicted molar refractivity (Wildman–Crippen MR) is 130 cm³/mol. The lowest BCUT2D eigenvalue weighted by Crippen LogP contribution is -2.42. The highest BCUT2D eigenvalue weighted by molar-refractivity contribution is 6.42. The summed E-state index contributed by atoms with van der Waals surface area (Å²) < 4.78 is 7.08. The number of H-pyrrole nitrogens is 1. The van der Waals surface area contributed by atoms with Crippen LogP contribution in [0.3, 0.4) is 0 Å².